The monoisotopic (exact) mass is 257 g/mol. The Hall–Kier alpha value is -2.13. The van der Waals surface area contributed by atoms with Crippen LogP contribution in [-0.2, 0) is 4.79 Å². The SMILES string of the molecule is C.N[C@H](C(=O)O)C(c1ccccc1)c1ccccc1. The van der Waals surface area contributed by atoms with Crippen molar-refractivity contribution in [3.05, 3.63) is 71.8 Å². The molecular weight excluding hydrogens is 238 g/mol. The number of aliphatic carboxylic acids is 1. The summed E-state index contributed by atoms with van der Waals surface area (Å²) >= 11 is 0. The van der Waals surface area contributed by atoms with E-state index in [4.69, 9.17) is 10.8 Å². The summed E-state index contributed by atoms with van der Waals surface area (Å²) in [5.74, 6) is -1.32. The fraction of sp³-hybridized carbons (Fsp3) is 0.188. The average molecular weight is 257 g/mol. The highest BCUT2D eigenvalue weighted by Crippen LogP contribution is 2.27. The van der Waals surface area contributed by atoms with Crippen molar-refractivity contribution in [3.63, 3.8) is 0 Å². The van der Waals surface area contributed by atoms with E-state index in [2.05, 4.69) is 0 Å². The van der Waals surface area contributed by atoms with E-state index in [1.54, 1.807) is 0 Å². The first kappa shape index (κ1) is 14.9. The number of nitrogens with two attached hydrogens (primary N) is 1. The quantitative estimate of drug-likeness (QED) is 0.885. The van der Waals surface area contributed by atoms with Gasteiger partial charge in [0.05, 0.1) is 0 Å². The van der Waals surface area contributed by atoms with E-state index in [1.165, 1.54) is 0 Å². The fourth-order valence-electron chi connectivity index (χ4n) is 2.07. The molecule has 1 atom stereocenters. The van der Waals surface area contributed by atoms with Crippen LogP contribution in [0.2, 0.25) is 0 Å². The molecule has 3 heteroatoms. The van der Waals surface area contributed by atoms with Crippen molar-refractivity contribution >= 4 is 5.97 Å². The van der Waals surface area contributed by atoms with Gasteiger partial charge in [0, 0.05) is 5.92 Å². The van der Waals surface area contributed by atoms with Crippen molar-refractivity contribution in [3.8, 4) is 0 Å². The zero-order valence-electron chi connectivity index (χ0n) is 9.86. The zero-order valence-corrected chi connectivity index (χ0v) is 9.86. The Kier molecular flexibility index (Phi) is 5.27. The van der Waals surface area contributed by atoms with Gasteiger partial charge in [0.1, 0.15) is 6.04 Å². The van der Waals surface area contributed by atoms with Crippen molar-refractivity contribution in [1.82, 2.24) is 0 Å². The normalized spacial score (nSPS) is 11.7. The number of carboxylic acid groups (broad SMARTS) is 1. The van der Waals surface area contributed by atoms with Crippen LogP contribution in [0, 0.1) is 0 Å². The second-order valence-corrected chi connectivity index (χ2v) is 4.16. The minimum absolute atomic E-state index is 0. The van der Waals surface area contributed by atoms with Gasteiger partial charge >= 0.3 is 5.97 Å². The number of carboxylic acids is 1. The molecule has 3 N–H and O–H groups in total. The van der Waals surface area contributed by atoms with Crippen LogP contribution in [0.3, 0.4) is 0 Å². The van der Waals surface area contributed by atoms with E-state index >= 15 is 0 Å². The molecule has 0 saturated heterocycles. The smallest absolute Gasteiger partial charge is 0.321 e. The topological polar surface area (TPSA) is 63.3 Å². The first-order chi connectivity index (χ1) is 8.70. The van der Waals surface area contributed by atoms with Gasteiger partial charge in [-0.3, -0.25) is 4.79 Å². The maximum Gasteiger partial charge on any atom is 0.321 e. The molecule has 100 valence electrons. The number of hydrogen-bond acceptors (Lipinski definition) is 2. The van der Waals surface area contributed by atoms with Gasteiger partial charge < -0.3 is 10.8 Å². The third-order valence-electron chi connectivity index (χ3n) is 2.96. The second-order valence-electron chi connectivity index (χ2n) is 4.16. The van der Waals surface area contributed by atoms with Crippen LogP contribution in [0.15, 0.2) is 60.7 Å². The van der Waals surface area contributed by atoms with Gasteiger partial charge in [-0.05, 0) is 11.1 Å². The standard InChI is InChI=1S/C15H15NO2.CH4/c16-14(15(17)18)13(11-7-3-1-4-8-11)12-9-5-2-6-10-12;/h1-10,13-14H,16H2,(H,17,18);1H4/t14-;/m0./s1. The summed E-state index contributed by atoms with van der Waals surface area (Å²) in [4.78, 5) is 11.2. The van der Waals surface area contributed by atoms with Crippen molar-refractivity contribution < 1.29 is 9.90 Å². The minimum Gasteiger partial charge on any atom is -0.480 e. The van der Waals surface area contributed by atoms with E-state index < -0.39 is 12.0 Å². The highest BCUT2D eigenvalue weighted by atomic mass is 16.4. The minimum atomic E-state index is -0.993. The molecular formula is C16H19NO2. The second kappa shape index (κ2) is 6.71. The van der Waals surface area contributed by atoms with Gasteiger partial charge in [0.2, 0.25) is 0 Å². The van der Waals surface area contributed by atoms with Crippen LogP contribution in [0.4, 0.5) is 0 Å². The molecule has 0 heterocycles. The summed E-state index contributed by atoms with van der Waals surface area (Å²) in [6.07, 6.45) is 0. The molecule has 0 unspecified atom stereocenters. The van der Waals surface area contributed by atoms with Crippen LogP contribution >= 0.6 is 0 Å². The van der Waals surface area contributed by atoms with Crippen molar-refractivity contribution in [2.24, 2.45) is 5.73 Å². The molecule has 0 radical (unpaired) electrons. The van der Waals surface area contributed by atoms with Gasteiger partial charge in [-0.15, -0.1) is 0 Å². The molecule has 0 aromatic heterocycles. The summed E-state index contributed by atoms with van der Waals surface area (Å²) in [5, 5.41) is 9.15. The molecule has 19 heavy (non-hydrogen) atoms. The van der Waals surface area contributed by atoms with Gasteiger partial charge in [0.25, 0.3) is 0 Å². The molecule has 0 saturated carbocycles. The third-order valence-corrected chi connectivity index (χ3v) is 2.96. The molecule has 0 bridgehead atoms. The highest BCUT2D eigenvalue weighted by molar-refractivity contribution is 5.75. The fourth-order valence-corrected chi connectivity index (χ4v) is 2.07. The maximum absolute atomic E-state index is 11.2. The van der Waals surface area contributed by atoms with Crippen molar-refractivity contribution in [2.75, 3.05) is 0 Å². The molecule has 0 aliphatic rings. The molecule has 0 aliphatic heterocycles. The summed E-state index contributed by atoms with van der Waals surface area (Å²) in [6.45, 7) is 0. The first-order valence-corrected chi connectivity index (χ1v) is 5.78. The molecule has 2 rings (SSSR count). The van der Waals surface area contributed by atoms with Crippen molar-refractivity contribution in [2.45, 2.75) is 19.4 Å². The number of rotatable bonds is 4. The van der Waals surface area contributed by atoms with E-state index in [0.29, 0.717) is 0 Å². The van der Waals surface area contributed by atoms with Gasteiger partial charge in [-0.1, -0.05) is 68.1 Å². The maximum atomic E-state index is 11.2. The Morgan fingerprint density at radius 1 is 0.895 bits per heavy atom. The summed E-state index contributed by atoms with van der Waals surface area (Å²) in [7, 11) is 0. The van der Waals surface area contributed by atoms with Gasteiger partial charge in [-0.25, -0.2) is 0 Å². The average Bonchev–Trinajstić information content (AvgIpc) is 2.41. The van der Waals surface area contributed by atoms with Crippen LogP contribution < -0.4 is 5.73 Å². The van der Waals surface area contributed by atoms with Crippen LogP contribution in [0.1, 0.15) is 24.5 Å². The predicted molar refractivity (Wildman–Crippen MR) is 77.1 cm³/mol. The van der Waals surface area contributed by atoms with E-state index in [9.17, 15) is 4.79 Å². The lowest BCUT2D eigenvalue weighted by Crippen LogP contribution is -2.37. The Morgan fingerprint density at radius 3 is 1.58 bits per heavy atom. The predicted octanol–water partition coefficient (Wildman–Crippen LogP) is 2.87. The lowest BCUT2D eigenvalue weighted by atomic mass is 9.85. The summed E-state index contributed by atoms with van der Waals surface area (Å²) in [5.41, 5.74) is 7.66. The molecule has 0 fully saturated rings. The highest BCUT2D eigenvalue weighted by Gasteiger charge is 2.26. The van der Waals surface area contributed by atoms with Crippen LogP contribution in [-0.4, -0.2) is 17.1 Å². The third kappa shape index (κ3) is 3.42. The molecule has 3 nitrogen and oxygen atoms in total. The molecule has 0 spiro atoms. The first-order valence-electron chi connectivity index (χ1n) is 5.78. The van der Waals surface area contributed by atoms with Crippen LogP contribution in [0.25, 0.3) is 0 Å². The molecule has 0 aliphatic carbocycles. The number of carbonyl (C=O) groups is 1. The van der Waals surface area contributed by atoms with E-state index in [-0.39, 0.29) is 13.3 Å². The molecule has 2 aromatic rings. The lowest BCUT2D eigenvalue weighted by molar-refractivity contribution is -0.138. The Balaban J connectivity index is 0.00000180. The van der Waals surface area contributed by atoms with E-state index in [1.807, 2.05) is 60.7 Å². The Bertz CT molecular complexity index is 471. The number of hydrogen-bond donors (Lipinski definition) is 2. The van der Waals surface area contributed by atoms with Crippen molar-refractivity contribution in [1.29, 1.82) is 0 Å². The van der Waals surface area contributed by atoms with Gasteiger partial charge in [-0.2, -0.15) is 0 Å². The number of benzene rings is 2. The Morgan fingerprint density at radius 2 is 1.26 bits per heavy atom. The van der Waals surface area contributed by atoms with Gasteiger partial charge in [0.15, 0.2) is 0 Å². The largest absolute Gasteiger partial charge is 0.480 e. The van der Waals surface area contributed by atoms with Crippen LogP contribution in [0.5, 0.6) is 0 Å². The Labute approximate surface area is 113 Å². The zero-order chi connectivity index (χ0) is 13.0. The summed E-state index contributed by atoms with van der Waals surface area (Å²) < 4.78 is 0. The summed E-state index contributed by atoms with van der Waals surface area (Å²) in [6, 6.07) is 18.0. The lowest BCUT2D eigenvalue weighted by Gasteiger charge is -2.21. The van der Waals surface area contributed by atoms with E-state index in [0.717, 1.165) is 11.1 Å². The molecule has 2 aromatic carbocycles. The molecule has 0 amide bonds.